The number of rotatable bonds is 3. The second-order valence-corrected chi connectivity index (χ2v) is 8.18. The molecule has 2 heteroatoms. The summed E-state index contributed by atoms with van der Waals surface area (Å²) in [5, 5.41) is 0. The number of amides is 1. The number of hydrogen-bond donors (Lipinski definition) is 0. The highest BCUT2D eigenvalue weighted by Crippen LogP contribution is 2.38. The average molecular weight is 335 g/mol. The van der Waals surface area contributed by atoms with Gasteiger partial charge in [0.2, 0.25) is 5.91 Å². The lowest BCUT2D eigenvalue weighted by molar-refractivity contribution is -0.140. The van der Waals surface area contributed by atoms with Crippen LogP contribution in [0.5, 0.6) is 0 Å². The Bertz CT molecular complexity index is 640. The number of carbonyl (C=O) groups excluding carboxylic acids is 1. The van der Waals surface area contributed by atoms with Gasteiger partial charge < -0.3 is 4.90 Å². The smallest absolute Gasteiger partial charge is 0.227 e. The van der Waals surface area contributed by atoms with Crippen molar-refractivity contribution >= 4 is 5.91 Å². The van der Waals surface area contributed by atoms with Gasteiger partial charge in [0.15, 0.2) is 0 Å². The van der Waals surface area contributed by atoms with E-state index in [1.54, 1.807) is 0 Å². The van der Waals surface area contributed by atoms with Crippen LogP contribution < -0.4 is 0 Å². The van der Waals surface area contributed by atoms with Crippen LogP contribution in [-0.2, 0) is 4.79 Å². The van der Waals surface area contributed by atoms with Gasteiger partial charge in [0.05, 0.1) is 0 Å². The van der Waals surface area contributed by atoms with Gasteiger partial charge in [0, 0.05) is 24.4 Å². The van der Waals surface area contributed by atoms with E-state index in [0.717, 1.165) is 25.9 Å². The van der Waals surface area contributed by atoms with Gasteiger partial charge in [0.1, 0.15) is 0 Å². The fourth-order valence-corrected chi connectivity index (χ4v) is 3.97. The Hall–Kier alpha value is -2.09. The van der Waals surface area contributed by atoms with E-state index in [2.05, 4.69) is 65.6 Å². The van der Waals surface area contributed by atoms with Crippen molar-refractivity contribution in [3.05, 3.63) is 71.8 Å². The maximum atomic E-state index is 12.6. The number of hydrogen-bond acceptors (Lipinski definition) is 1. The number of nitrogens with zero attached hydrogens (tertiary/aromatic N) is 1. The second kappa shape index (κ2) is 7.43. The van der Waals surface area contributed by atoms with Crippen molar-refractivity contribution in [1.29, 1.82) is 0 Å². The third-order valence-electron chi connectivity index (χ3n) is 5.26. The van der Waals surface area contributed by atoms with E-state index < -0.39 is 0 Å². The van der Waals surface area contributed by atoms with Crippen LogP contribution in [0.3, 0.4) is 0 Å². The zero-order chi connectivity index (χ0) is 17.9. The van der Waals surface area contributed by atoms with Crippen LogP contribution in [0.25, 0.3) is 0 Å². The molecule has 2 aromatic carbocycles. The molecule has 1 aliphatic heterocycles. The maximum Gasteiger partial charge on any atom is 0.227 e. The Morgan fingerprint density at radius 1 is 0.880 bits per heavy atom. The summed E-state index contributed by atoms with van der Waals surface area (Å²) in [6, 6.07) is 21.6. The Morgan fingerprint density at radius 3 is 1.72 bits per heavy atom. The van der Waals surface area contributed by atoms with Crippen molar-refractivity contribution in [2.24, 2.45) is 11.3 Å². The number of benzene rings is 2. The molecule has 0 atom stereocenters. The molecule has 2 aromatic rings. The second-order valence-electron chi connectivity index (χ2n) is 8.18. The Balaban J connectivity index is 1.79. The van der Waals surface area contributed by atoms with Crippen LogP contribution in [0.1, 0.15) is 50.7 Å². The highest BCUT2D eigenvalue weighted by Gasteiger charge is 2.33. The highest BCUT2D eigenvalue weighted by molar-refractivity contribution is 5.81. The Morgan fingerprint density at radius 2 is 1.32 bits per heavy atom. The van der Waals surface area contributed by atoms with Crippen molar-refractivity contribution in [2.45, 2.75) is 39.5 Å². The van der Waals surface area contributed by atoms with Crippen molar-refractivity contribution in [3.8, 4) is 0 Å². The summed E-state index contributed by atoms with van der Waals surface area (Å²) >= 11 is 0. The molecule has 1 amide bonds. The van der Waals surface area contributed by atoms with E-state index in [1.165, 1.54) is 11.1 Å². The molecule has 1 heterocycles. The molecule has 0 aliphatic carbocycles. The zero-order valence-corrected chi connectivity index (χ0v) is 15.6. The summed E-state index contributed by atoms with van der Waals surface area (Å²) in [6.07, 6.45) is 2.13. The van der Waals surface area contributed by atoms with Gasteiger partial charge in [-0.25, -0.2) is 0 Å². The monoisotopic (exact) mass is 335 g/mol. The minimum absolute atomic E-state index is 0.280. The van der Waals surface area contributed by atoms with E-state index in [-0.39, 0.29) is 11.3 Å². The van der Waals surface area contributed by atoms with Crippen molar-refractivity contribution < 1.29 is 4.79 Å². The quantitative estimate of drug-likeness (QED) is 0.764. The van der Waals surface area contributed by atoms with E-state index in [0.29, 0.717) is 11.8 Å². The largest absolute Gasteiger partial charge is 0.342 e. The highest BCUT2D eigenvalue weighted by atomic mass is 16.2. The SMILES string of the molecule is CC(C)(C)C(=O)N1CCC(C(c2ccccc2)c2ccccc2)CC1. The normalized spacial score (nSPS) is 16.2. The van der Waals surface area contributed by atoms with Gasteiger partial charge in [-0.1, -0.05) is 81.4 Å². The van der Waals surface area contributed by atoms with Gasteiger partial charge in [-0.2, -0.15) is 0 Å². The molecule has 1 aliphatic rings. The standard InChI is InChI=1S/C23H29NO/c1-23(2,3)22(25)24-16-14-20(15-17-24)21(18-10-6-4-7-11-18)19-12-8-5-9-13-19/h4-13,20-21H,14-17H2,1-3H3. The van der Waals surface area contributed by atoms with E-state index in [9.17, 15) is 4.79 Å². The molecular weight excluding hydrogens is 306 g/mol. The van der Waals surface area contributed by atoms with Crippen LogP contribution in [0.15, 0.2) is 60.7 Å². The molecule has 0 saturated carbocycles. The molecule has 1 saturated heterocycles. The van der Waals surface area contributed by atoms with E-state index >= 15 is 0 Å². The minimum atomic E-state index is -0.287. The fraction of sp³-hybridized carbons (Fsp3) is 0.435. The lowest BCUT2D eigenvalue weighted by Gasteiger charge is -2.39. The molecule has 1 fully saturated rings. The summed E-state index contributed by atoms with van der Waals surface area (Å²) in [7, 11) is 0. The predicted octanol–water partition coefficient (Wildman–Crippen LogP) is 5.10. The van der Waals surface area contributed by atoms with Gasteiger partial charge >= 0.3 is 0 Å². The summed E-state index contributed by atoms with van der Waals surface area (Å²) < 4.78 is 0. The molecular formula is C23H29NO. The topological polar surface area (TPSA) is 20.3 Å². The molecule has 0 unspecified atom stereocenters. The third-order valence-corrected chi connectivity index (χ3v) is 5.26. The van der Waals surface area contributed by atoms with Gasteiger partial charge in [-0.3, -0.25) is 4.79 Å². The molecule has 0 aromatic heterocycles. The van der Waals surface area contributed by atoms with Gasteiger partial charge in [0.25, 0.3) is 0 Å². The average Bonchev–Trinajstić information content (AvgIpc) is 2.63. The van der Waals surface area contributed by atoms with Crippen LogP contribution in [0.2, 0.25) is 0 Å². The lowest BCUT2D eigenvalue weighted by atomic mass is 9.76. The molecule has 3 rings (SSSR count). The molecule has 0 spiro atoms. The Kier molecular flexibility index (Phi) is 5.27. The number of likely N-dealkylation sites (tertiary alicyclic amines) is 1. The number of piperidine rings is 1. The molecule has 2 nitrogen and oxygen atoms in total. The van der Waals surface area contributed by atoms with Crippen molar-refractivity contribution in [1.82, 2.24) is 4.90 Å². The maximum absolute atomic E-state index is 12.6. The van der Waals surface area contributed by atoms with Crippen molar-refractivity contribution in [3.63, 3.8) is 0 Å². The van der Waals surface area contributed by atoms with Gasteiger partial charge in [-0.05, 0) is 29.9 Å². The first kappa shape index (κ1) is 17.7. The summed E-state index contributed by atoms with van der Waals surface area (Å²) in [5.41, 5.74) is 2.48. The molecule has 25 heavy (non-hydrogen) atoms. The van der Waals surface area contributed by atoms with Crippen LogP contribution in [0, 0.1) is 11.3 Å². The Labute approximate surface area is 151 Å². The van der Waals surface area contributed by atoms with E-state index in [1.807, 2.05) is 20.8 Å². The van der Waals surface area contributed by atoms with Crippen LogP contribution >= 0.6 is 0 Å². The lowest BCUT2D eigenvalue weighted by Crippen LogP contribution is -2.44. The first-order chi connectivity index (χ1) is 12.0. The minimum Gasteiger partial charge on any atom is -0.342 e. The van der Waals surface area contributed by atoms with Gasteiger partial charge in [-0.15, -0.1) is 0 Å². The van der Waals surface area contributed by atoms with Crippen molar-refractivity contribution in [2.75, 3.05) is 13.1 Å². The molecule has 0 radical (unpaired) electrons. The first-order valence-electron chi connectivity index (χ1n) is 9.36. The third kappa shape index (κ3) is 4.12. The zero-order valence-electron chi connectivity index (χ0n) is 15.6. The first-order valence-corrected chi connectivity index (χ1v) is 9.36. The predicted molar refractivity (Wildman–Crippen MR) is 103 cm³/mol. The van der Waals surface area contributed by atoms with Crippen LogP contribution in [-0.4, -0.2) is 23.9 Å². The summed E-state index contributed by atoms with van der Waals surface area (Å²) in [4.78, 5) is 14.6. The van der Waals surface area contributed by atoms with Crippen LogP contribution in [0.4, 0.5) is 0 Å². The number of carbonyl (C=O) groups is 1. The molecule has 0 bridgehead atoms. The fourth-order valence-electron chi connectivity index (χ4n) is 3.97. The summed E-state index contributed by atoms with van der Waals surface area (Å²) in [5.74, 6) is 1.27. The van der Waals surface area contributed by atoms with E-state index in [4.69, 9.17) is 0 Å². The summed E-state index contributed by atoms with van der Waals surface area (Å²) in [6.45, 7) is 7.78. The molecule has 132 valence electrons. The molecule has 0 N–H and O–H groups in total.